The Bertz CT molecular complexity index is 325. The largest absolute Gasteiger partial charge is 0.370 e. The molecule has 1 aromatic carbocycles. The Labute approximate surface area is 93.4 Å². The van der Waals surface area contributed by atoms with Gasteiger partial charge in [-0.05, 0) is 37.2 Å². The van der Waals surface area contributed by atoms with E-state index < -0.39 is 0 Å². The van der Waals surface area contributed by atoms with Crippen molar-refractivity contribution in [3.63, 3.8) is 0 Å². The van der Waals surface area contributed by atoms with E-state index in [1.807, 2.05) is 7.05 Å². The number of nitrogens with one attached hydrogen (secondary N) is 1. The molecule has 0 saturated heterocycles. The van der Waals surface area contributed by atoms with Crippen LogP contribution in [0.5, 0.6) is 0 Å². The highest BCUT2D eigenvalue weighted by atomic mass is 79.9. The van der Waals surface area contributed by atoms with Gasteiger partial charge in [0, 0.05) is 29.8 Å². The minimum atomic E-state index is 1.05. The molecular formula is C11H15BrN2. The smallest absolute Gasteiger partial charge is 0.0400 e. The zero-order valence-electron chi connectivity index (χ0n) is 8.39. The maximum Gasteiger partial charge on any atom is 0.0400 e. The van der Waals surface area contributed by atoms with Crippen molar-refractivity contribution in [1.82, 2.24) is 5.32 Å². The predicted molar refractivity (Wildman–Crippen MR) is 64.0 cm³/mol. The van der Waals surface area contributed by atoms with E-state index in [1.165, 1.54) is 22.1 Å². The molecule has 0 amide bonds. The number of likely N-dealkylation sites (N-methyl/N-ethyl adjacent to an activating group) is 1. The molecule has 0 aliphatic carbocycles. The fourth-order valence-corrected chi connectivity index (χ4v) is 2.33. The number of halogens is 1. The van der Waals surface area contributed by atoms with E-state index in [0.717, 1.165) is 19.6 Å². The first-order valence-electron chi connectivity index (χ1n) is 4.99. The van der Waals surface area contributed by atoms with Crippen LogP contribution in [-0.2, 0) is 6.42 Å². The molecule has 0 unspecified atom stereocenters. The molecule has 0 atom stereocenters. The van der Waals surface area contributed by atoms with Crippen LogP contribution in [0.2, 0.25) is 0 Å². The quantitative estimate of drug-likeness (QED) is 0.889. The number of fused-ring (bicyclic) bond motifs is 1. The van der Waals surface area contributed by atoms with Crippen molar-refractivity contribution in [3.8, 4) is 0 Å². The molecule has 2 rings (SSSR count). The van der Waals surface area contributed by atoms with E-state index in [9.17, 15) is 0 Å². The lowest BCUT2D eigenvalue weighted by atomic mass is 10.2. The van der Waals surface area contributed by atoms with Crippen molar-refractivity contribution in [1.29, 1.82) is 0 Å². The van der Waals surface area contributed by atoms with Crippen LogP contribution in [0.3, 0.4) is 0 Å². The van der Waals surface area contributed by atoms with Crippen molar-refractivity contribution in [2.75, 3.05) is 31.6 Å². The van der Waals surface area contributed by atoms with Crippen molar-refractivity contribution in [2.45, 2.75) is 6.42 Å². The van der Waals surface area contributed by atoms with E-state index in [1.54, 1.807) is 0 Å². The summed E-state index contributed by atoms with van der Waals surface area (Å²) < 4.78 is 1.19. The molecule has 1 aliphatic heterocycles. The van der Waals surface area contributed by atoms with Crippen molar-refractivity contribution in [2.24, 2.45) is 0 Å². The van der Waals surface area contributed by atoms with Gasteiger partial charge in [0.25, 0.3) is 0 Å². The zero-order valence-corrected chi connectivity index (χ0v) is 9.97. The van der Waals surface area contributed by atoms with Crippen LogP contribution in [0, 0.1) is 0 Å². The van der Waals surface area contributed by atoms with E-state index in [2.05, 4.69) is 44.3 Å². The molecule has 1 aliphatic rings. The Morgan fingerprint density at radius 1 is 1.50 bits per heavy atom. The van der Waals surface area contributed by atoms with Gasteiger partial charge < -0.3 is 10.2 Å². The Morgan fingerprint density at radius 2 is 2.36 bits per heavy atom. The molecule has 0 saturated carbocycles. The van der Waals surface area contributed by atoms with Gasteiger partial charge in [0.2, 0.25) is 0 Å². The second kappa shape index (κ2) is 4.32. The first kappa shape index (κ1) is 9.99. The fourth-order valence-electron chi connectivity index (χ4n) is 1.92. The van der Waals surface area contributed by atoms with Gasteiger partial charge in [-0.15, -0.1) is 0 Å². The maximum atomic E-state index is 3.51. The Balaban J connectivity index is 2.14. The SMILES string of the molecule is CNCCN1CCc2cc(Br)ccc21. The third kappa shape index (κ3) is 1.93. The van der Waals surface area contributed by atoms with Gasteiger partial charge in [0.15, 0.2) is 0 Å². The summed E-state index contributed by atoms with van der Waals surface area (Å²) in [4.78, 5) is 2.44. The topological polar surface area (TPSA) is 15.3 Å². The molecule has 0 fully saturated rings. The number of rotatable bonds is 3. The Kier molecular flexibility index (Phi) is 3.08. The van der Waals surface area contributed by atoms with Gasteiger partial charge >= 0.3 is 0 Å². The monoisotopic (exact) mass is 254 g/mol. The van der Waals surface area contributed by atoms with Crippen molar-refractivity contribution >= 4 is 21.6 Å². The number of anilines is 1. The third-order valence-corrected chi connectivity index (χ3v) is 3.16. The van der Waals surface area contributed by atoms with E-state index in [0.29, 0.717) is 0 Å². The van der Waals surface area contributed by atoms with Gasteiger partial charge in [-0.1, -0.05) is 15.9 Å². The highest BCUT2D eigenvalue weighted by molar-refractivity contribution is 9.10. The summed E-state index contributed by atoms with van der Waals surface area (Å²) in [6.45, 7) is 3.31. The molecule has 1 heterocycles. The van der Waals surface area contributed by atoms with Crippen LogP contribution in [0.15, 0.2) is 22.7 Å². The summed E-state index contributed by atoms with van der Waals surface area (Å²) in [7, 11) is 2.00. The summed E-state index contributed by atoms with van der Waals surface area (Å²) in [6.07, 6.45) is 1.18. The summed E-state index contributed by atoms with van der Waals surface area (Å²) >= 11 is 3.51. The second-order valence-electron chi connectivity index (χ2n) is 3.61. The standard InChI is InChI=1S/C11H15BrN2/c1-13-5-7-14-6-4-9-8-10(12)2-3-11(9)14/h2-3,8,13H,4-7H2,1H3. The maximum absolute atomic E-state index is 3.51. The molecule has 0 radical (unpaired) electrons. The predicted octanol–water partition coefficient (Wildman–Crippen LogP) is 2.03. The van der Waals surface area contributed by atoms with Crippen molar-refractivity contribution < 1.29 is 0 Å². The summed E-state index contributed by atoms with van der Waals surface area (Å²) in [5.74, 6) is 0. The fraction of sp³-hybridized carbons (Fsp3) is 0.455. The number of benzene rings is 1. The Hall–Kier alpha value is -0.540. The molecule has 2 nitrogen and oxygen atoms in total. The highest BCUT2D eigenvalue weighted by Gasteiger charge is 2.17. The molecule has 1 aromatic rings. The van der Waals surface area contributed by atoms with Crippen LogP contribution in [0.25, 0.3) is 0 Å². The molecular weight excluding hydrogens is 240 g/mol. The minimum Gasteiger partial charge on any atom is -0.370 e. The third-order valence-electron chi connectivity index (χ3n) is 2.67. The first-order valence-corrected chi connectivity index (χ1v) is 5.78. The average Bonchev–Trinajstić information content (AvgIpc) is 2.57. The van der Waals surface area contributed by atoms with Gasteiger partial charge in [-0.25, -0.2) is 0 Å². The molecule has 14 heavy (non-hydrogen) atoms. The first-order chi connectivity index (χ1) is 6.81. The van der Waals surface area contributed by atoms with Gasteiger partial charge in [0.05, 0.1) is 0 Å². The van der Waals surface area contributed by atoms with Crippen LogP contribution in [0.1, 0.15) is 5.56 Å². The molecule has 76 valence electrons. The number of nitrogens with zero attached hydrogens (tertiary/aromatic N) is 1. The lowest BCUT2D eigenvalue weighted by Crippen LogP contribution is -2.29. The van der Waals surface area contributed by atoms with E-state index in [4.69, 9.17) is 0 Å². The number of hydrogen-bond donors (Lipinski definition) is 1. The normalized spacial score (nSPS) is 14.6. The van der Waals surface area contributed by atoms with Crippen LogP contribution >= 0.6 is 15.9 Å². The lowest BCUT2D eigenvalue weighted by Gasteiger charge is -2.18. The minimum absolute atomic E-state index is 1.05. The van der Waals surface area contributed by atoms with Crippen LogP contribution in [-0.4, -0.2) is 26.7 Å². The second-order valence-corrected chi connectivity index (χ2v) is 4.53. The highest BCUT2D eigenvalue weighted by Crippen LogP contribution is 2.29. The van der Waals surface area contributed by atoms with Crippen molar-refractivity contribution in [3.05, 3.63) is 28.2 Å². The summed E-state index contributed by atoms with van der Waals surface area (Å²) in [5, 5.41) is 3.19. The van der Waals surface area contributed by atoms with E-state index >= 15 is 0 Å². The molecule has 1 N–H and O–H groups in total. The van der Waals surface area contributed by atoms with Gasteiger partial charge in [-0.3, -0.25) is 0 Å². The zero-order chi connectivity index (χ0) is 9.97. The van der Waals surface area contributed by atoms with Crippen LogP contribution in [0.4, 0.5) is 5.69 Å². The van der Waals surface area contributed by atoms with Gasteiger partial charge in [-0.2, -0.15) is 0 Å². The van der Waals surface area contributed by atoms with E-state index in [-0.39, 0.29) is 0 Å². The number of hydrogen-bond acceptors (Lipinski definition) is 2. The van der Waals surface area contributed by atoms with Crippen LogP contribution < -0.4 is 10.2 Å². The summed E-state index contributed by atoms with van der Waals surface area (Å²) in [5.41, 5.74) is 2.87. The summed E-state index contributed by atoms with van der Waals surface area (Å²) in [6, 6.07) is 6.56. The molecule has 0 spiro atoms. The molecule has 3 heteroatoms. The average molecular weight is 255 g/mol. The van der Waals surface area contributed by atoms with Gasteiger partial charge in [0.1, 0.15) is 0 Å². The molecule has 0 bridgehead atoms. The Morgan fingerprint density at radius 3 is 3.14 bits per heavy atom. The lowest BCUT2D eigenvalue weighted by molar-refractivity contribution is 0.741. The molecule has 0 aromatic heterocycles.